The van der Waals surface area contributed by atoms with Crippen LogP contribution in [0.2, 0.25) is 0 Å². The number of aromatic nitrogens is 2. The summed E-state index contributed by atoms with van der Waals surface area (Å²) < 4.78 is 6.55. The SMILES string of the molecule is COC(=O)C(N)c1cncn1C1CC1. The van der Waals surface area contributed by atoms with Crippen molar-refractivity contribution in [1.82, 2.24) is 9.55 Å². The molecule has 1 fully saturated rings. The zero-order chi connectivity index (χ0) is 10.1. The molecule has 1 heterocycles. The fourth-order valence-electron chi connectivity index (χ4n) is 1.46. The lowest BCUT2D eigenvalue weighted by molar-refractivity contribution is -0.142. The molecule has 1 aromatic heterocycles. The summed E-state index contributed by atoms with van der Waals surface area (Å²) in [6.07, 6.45) is 5.62. The van der Waals surface area contributed by atoms with E-state index in [-0.39, 0.29) is 0 Å². The maximum Gasteiger partial charge on any atom is 0.328 e. The Kier molecular flexibility index (Phi) is 2.25. The van der Waals surface area contributed by atoms with E-state index in [0.717, 1.165) is 18.5 Å². The third-order valence-corrected chi connectivity index (χ3v) is 2.41. The van der Waals surface area contributed by atoms with Gasteiger partial charge in [-0.1, -0.05) is 0 Å². The van der Waals surface area contributed by atoms with E-state index in [9.17, 15) is 4.79 Å². The van der Waals surface area contributed by atoms with Crippen LogP contribution in [0.15, 0.2) is 12.5 Å². The summed E-state index contributed by atoms with van der Waals surface area (Å²) >= 11 is 0. The summed E-state index contributed by atoms with van der Waals surface area (Å²) in [7, 11) is 1.33. The van der Waals surface area contributed by atoms with Crippen LogP contribution >= 0.6 is 0 Å². The van der Waals surface area contributed by atoms with Crippen LogP contribution in [0.5, 0.6) is 0 Å². The Morgan fingerprint density at radius 3 is 3.07 bits per heavy atom. The number of methoxy groups -OCH3 is 1. The fourth-order valence-corrected chi connectivity index (χ4v) is 1.46. The van der Waals surface area contributed by atoms with Crippen LogP contribution in [0.1, 0.15) is 30.6 Å². The molecule has 1 saturated carbocycles. The van der Waals surface area contributed by atoms with Crippen molar-refractivity contribution in [2.45, 2.75) is 24.9 Å². The van der Waals surface area contributed by atoms with Gasteiger partial charge in [-0.15, -0.1) is 0 Å². The smallest absolute Gasteiger partial charge is 0.328 e. The summed E-state index contributed by atoms with van der Waals surface area (Å²) in [5, 5.41) is 0. The lowest BCUT2D eigenvalue weighted by atomic mass is 10.2. The summed E-state index contributed by atoms with van der Waals surface area (Å²) in [5.41, 5.74) is 6.46. The van der Waals surface area contributed by atoms with Crippen LogP contribution in [0.3, 0.4) is 0 Å². The molecule has 0 saturated heterocycles. The molecule has 0 aliphatic heterocycles. The first kappa shape index (κ1) is 9.21. The molecule has 0 aromatic carbocycles. The van der Waals surface area contributed by atoms with Crippen molar-refractivity contribution < 1.29 is 9.53 Å². The van der Waals surface area contributed by atoms with Gasteiger partial charge in [0.2, 0.25) is 0 Å². The van der Waals surface area contributed by atoms with Crippen molar-refractivity contribution in [3.63, 3.8) is 0 Å². The second kappa shape index (κ2) is 3.42. The molecule has 5 heteroatoms. The van der Waals surface area contributed by atoms with Crippen molar-refractivity contribution >= 4 is 5.97 Å². The summed E-state index contributed by atoms with van der Waals surface area (Å²) in [5.74, 6) is -0.424. The summed E-state index contributed by atoms with van der Waals surface area (Å²) in [6.45, 7) is 0. The summed E-state index contributed by atoms with van der Waals surface area (Å²) in [6, 6.07) is -0.244. The molecule has 76 valence electrons. The molecule has 0 amide bonds. The van der Waals surface area contributed by atoms with E-state index in [4.69, 9.17) is 5.73 Å². The van der Waals surface area contributed by atoms with E-state index in [2.05, 4.69) is 9.72 Å². The normalized spacial score (nSPS) is 17.9. The Labute approximate surface area is 81.9 Å². The predicted octanol–water partition coefficient (Wildman–Crippen LogP) is 0.391. The van der Waals surface area contributed by atoms with Crippen LogP contribution in [0.25, 0.3) is 0 Å². The van der Waals surface area contributed by atoms with Gasteiger partial charge in [0.25, 0.3) is 0 Å². The van der Waals surface area contributed by atoms with Gasteiger partial charge in [0.15, 0.2) is 0 Å². The highest BCUT2D eigenvalue weighted by atomic mass is 16.5. The van der Waals surface area contributed by atoms with Gasteiger partial charge in [-0.2, -0.15) is 0 Å². The van der Waals surface area contributed by atoms with Gasteiger partial charge in [-0.3, -0.25) is 0 Å². The molecular weight excluding hydrogens is 182 g/mol. The Hall–Kier alpha value is -1.36. The molecule has 0 bridgehead atoms. The molecule has 2 N–H and O–H groups in total. The van der Waals surface area contributed by atoms with Gasteiger partial charge >= 0.3 is 5.97 Å². The Bertz CT molecular complexity index is 344. The van der Waals surface area contributed by atoms with Crippen LogP contribution in [0.4, 0.5) is 0 Å². The number of imidazole rings is 1. The monoisotopic (exact) mass is 195 g/mol. The molecule has 1 atom stereocenters. The van der Waals surface area contributed by atoms with Crippen LogP contribution in [-0.4, -0.2) is 22.6 Å². The maximum atomic E-state index is 11.2. The third kappa shape index (κ3) is 1.50. The largest absolute Gasteiger partial charge is 0.468 e. The van der Waals surface area contributed by atoms with Crippen molar-refractivity contribution in [3.8, 4) is 0 Å². The lowest BCUT2D eigenvalue weighted by Crippen LogP contribution is -2.25. The van der Waals surface area contributed by atoms with Gasteiger partial charge in [-0.25, -0.2) is 9.78 Å². The Morgan fingerprint density at radius 2 is 2.50 bits per heavy atom. The number of ether oxygens (including phenoxy) is 1. The number of hydrogen-bond acceptors (Lipinski definition) is 4. The van der Waals surface area contributed by atoms with E-state index in [0.29, 0.717) is 6.04 Å². The molecule has 5 nitrogen and oxygen atoms in total. The zero-order valence-corrected chi connectivity index (χ0v) is 8.01. The average molecular weight is 195 g/mol. The number of nitrogens with two attached hydrogens (primary N) is 1. The van der Waals surface area contributed by atoms with Crippen molar-refractivity contribution in [2.24, 2.45) is 5.73 Å². The number of carbonyl (C=O) groups excluding carboxylic acids is 1. The van der Waals surface area contributed by atoms with E-state index in [1.807, 2.05) is 4.57 Å². The number of carbonyl (C=O) groups is 1. The highest BCUT2D eigenvalue weighted by Gasteiger charge is 2.29. The van der Waals surface area contributed by atoms with Gasteiger partial charge < -0.3 is 15.0 Å². The number of hydrogen-bond donors (Lipinski definition) is 1. The molecular formula is C9H13N3O2. The fraction of sp³-hybridized carbons (Fsp3) is 0.556. The molecule has 1 aromatic rings. The van der Waals surface area contributed by atoms with Crippen molar-refractivity contribution in [2.75, 3.05) is 7.11 Å². The first-order valence-corrected chi connectivity index (χ1v) is 4.59. The average Bonchev–Trinajstić information content (AvgIpc) is 2.94. The standard InChI is InChI=1S/C9H13N3O2/c1-14-9(13)8(10)7-4-11-5-12(7)6-2-3-6/h4-6,8H,2-3,10H2,1H3. The first-order chi connectivity index (χ1) is 6.74. The lowest BCUT2D eigenvalue weighted by Gasteiger charge is -2.11. The minimum absolute atomic E-state index is 0.424. The zero-order valence-electron chi connectivity index (χ0n) is 8.01. The second-order valence-electron chi connectivity index (χ2n) is 3.46. The van der Waals surface area contributed by atoms with E-state index in [1.165, 1.54) is 7.11 Å². The van der Waals surface area contributed by atoms with E-state index >= 15 is 0 Å². The quantitative estimate of drug-likeness (QED) is 0.708. The maximum absolute atomic E-state index is 11.2. The number of rotatable bonds is 3. The topological polar surface area (TPSA) is 70.1 Å². The molecule has 0 spiro atoms. The van der Waals surface area contributed by atoms with Crippen molar-refractivity contribution in [3.05, 3.63) is 18.2 Å². The second-order valence-corrected chi connectivity index (χ2v) is 3.46. The highest BCUT2D eigenvalue weighted by molar-refractivity contribution is 5.76. The molecule has 14 heavy (non-hydrogen) atoms. The van der Waals surface area contributed by atoms with Gasteiger partial charge in [-0.05, 0) is 12.8 Å². The van der Waals surface area contributed by atoms with Gasteiger partial charge in [0, 0.05) is 6.04 Å². The Morgan fingerprint density at radius 1 is 1.79 bits per heavy atom. The number of esters is 1. The molecule has 1 aliphatic carbocycles. The Balaban J connectivity index is 2.21. The molecule has 1 aliphatic rings. The van der Waals surface area contributed by atoms with Gasteiger partial charge in [0.1, 0.15) is 6.04 Å². The van der Waals surface area contributed by atoms with Crippen molar-refractivity contribution in [1.29, 1.82) is 0 Å². The molecule has 0 radical (unpaired) electrons. The predicted molar refractivity (Wildman–Crippen MR) is 49.4 cm³/mol. The van der Waals surface area contributed by atoms with Crippen LogP contribution in [-0.2, 0) is 9.53 Å². The van der Waals surface area contributed by atoms with Gasteiger partial charge in [0.05, 0.1) is 25.3 Å². The van der Waals surface area contributed by atoms with Crippen LogP contribution in [0, 0.1) is 0 Å². The first-order valence-electron chi connectivity index (χ1n) is 4.59. The number of nitrogens with zero attached hydrogens (tertiary/aromatic N) is 2. The third-order valence-electron chi connectivity index (χ3n) is 2.41. The van der Waals surface area contributed by atoms with E-state index < -0.39 is 12.0 Å². The molecule has 2 rings (SSSR count). The molecule has 1 unspecified atom stereocenters. The van der Waals surface area contributed by atoms with E-state index in [1.54, 1.807) is 12.5 Å². The minimum Gasteiger partial charge on any atom is -0.468 e. The minimum atomic E-state index is -0.719. The highest BCUT2D eigenvalue weighted by Crippen LogP contribution is 2.36. The summed E-state index contributed by atoms with van der Waals surface area (Å²) in [4.78, 5) is 15.2. The van der Waals surface area contributed by atoms with Crippen LogP contribution < -0.4 is 5.73 Å².